The van der Waals surface area contributed by atoms with Crippen LogP contribution in [0.15, 0.2) is 47.7 Å². The molecule has 11 heteroatoms. The van der Waals surface area contributed by atoms with E-state index >= 15 is 0 Å². The predicted molar refractivity (Wildman–Crippen MR) is 135 cm³/mol. The number of piperidine rings is 1. The Morgan fingerprint density at radius 3 is 2.68 bits per heavy atom. The molecule has 0 radical (unpaired) electrons. The van der Waals surface area contributed by atoms with Crippen LogP contribution in [0.4, 0.5) is 13.2 Å². The van der Waals surface area contributed by atoms with Crippen molar-refractivity contribution >= 4 is 10.9 Å². The van der Waals surface area contributed by atoms with E-state index in [4.69, 9.17) is 0 Å². The van der Waals surface area contributed by atoms with Crippen LogP contribution in [0.1, 0.15) is 54.7 Å². The summed E-state index contributed by atoms with van der Waals surface area (Å²) in [6, 6.07) is 8.57. The monoisotopic (exact) mass is 526 g/mol. The van der Waals surface area contributed by atoms with Gasteiger partial charge in [-0.15, -0.1) is 10.2 Å². The van der Waals surface area contributed by atoms with E-state index in [0.717, 1.165) is 54.4 Å². The summed E-state index contributed by atoms with van der Waals surface area (Å²) in [6.45, 7) is 1.52. The Morgan fingerprint density at radius 1 is 1.21 bits per heavy atom. The molecular weight excluding hydrogens is 497 g/mol. The first kappa shape index (κ1) is 24.9. The van der Waals surface area contributed by atoms with E-state index in [9.17, 15) is 23.1 Å². The lowest BCUT2D eigenvalue weighted by Gasteiger charge is -2.41. The highest BCUT2D eigenvalue weighted by Crippen LogP contribution is 2.48. The van der Waals surface area contributed by atoms with Crippen LogP contribution in [0.5, 0.6) is 0 Å². The van der Waals surface area contributed by atoms with Gasteiger partial charge in [0.2, 0.25) is 0 Å². The fraction of sp³-hybridized carbons (Fsp3) is 0.444. The number of alkyl halides is 3. The quantitative estimate of drug-likeness (QED) is 0.412. The van der Waals surface area contributed by atoms with Crippen molar-refractivity contribution in [3.8, 4) is 5.69 Å². The van der Waals surface area contributed by atoms with Gasteiger partial charge in [0.1, 0.15) is 17.7 Å². The molecule has 2 N–H and O–H groups in total. The van der Waals surface area contributed by atoms with Crippen LogP contribution in [0.25, 0.3) is 16.6 Å². The van der Waals surface area contributed by atoms with Gasteiger partial charge in [-0.1, -0.05) is 18.6 Å². The first-order valence-corrected chi connectivity index (χ1v) is 12.9. The molecule has 38 heavy (non-hydrogen) atoms. The molecule has 6 rings (SSSR count). The van der Waals surface area contributed by atoms with Crippen molar-refractivity contribution in [1.82, 2.24) is 29.2 Å². The molecule has 0 amide bonds. The molecule has 4 aromatic rings. The van der Waals surface area contributed by atoms with Crippen molar-refractivity contribution < 1.29 is 18.3 Å². The number of H-pyrrole nitrogens is 1. The number of fused-ring (bicyclic) bond motifs is 1. The standard InChI is InChI=1S/C27H29F3N6O2/c1-34-16-31-33-25(34)26(8-4-9-26)17-5-2-6-19(11-17)36-15-22(27(28,29)30)21-12-18(32-23(21)24(36)38)13-35-10-3-7-20(37)14-35/h2,5-6,11-12,15-16,20,32,37H,3-4,7-10,13-14H2,1H3/t20-/m1/s1. The highest BCUT2D eigenvalue weighted by atomic mass is 19.4. The molecule has 1 saturated carbocycles. The Hall–Kier alpha value is -3.44. The first-order valence-electron chi connectivity index (χ1n) is 12.9. The minimum atomic E-state index is -4.65. The molecule has 4 heterocycles. The second kappa shape index (κ2) is 9.09. The molecule has 8 nitrogen and oxygen atoms in total. The number of aliphatic hydroxyl groups excluding tert-OH is 1. The zero-order chi connectivity index (χ0) is 26.7. The molecule has 200 valence electrons. The van der Waals surface area contributed by atoms with Gasteiger partial charge in [0.15, 0.2) is 0 Å². The van der Waals surface area contributed by atoms with E-state index in [-0.39, 0.29) is 16.3 Å². The Morgan fingerprint density at radius 2 is 2.03 bits per heavy atom. The van der Waals surface area contributed by atoms with Gasteiger partial charge < -0.3 is 14.7 Å². The number of rotatable bonds is 5. The van der Waals surface area contributed by atoms with Gasteiger partial charge in [-0.2, -0.15) is 13.2 Å². The summed E-state index contributed by atoms with van der Waals surface area (Å²) in [5, 5.41) is 18.2. The topological polar surface area (TPSA) is 92.0 Å². The molecule has 1 aromatic carbocycles. The fourth-order valence-corrected chi connectivity index (χ4v) is 6.03. The van der Waals surface area contributed by atoms with E-state index in [1.165, 1.54) is 6.07 Å². The molecular formula is C27H29F3N6O2. The van der Waals surface area contributed by atoms with Gasteiger partial charge in [0.25, 0.3) is 5.56 Å². The Bertz CT molecular complexity index is 1550. The summed E-state index contributed by atoms with van der Waals surface area (Å²) in [6.07, 6.45) is 1.65. The number of nitrogens with zero attached hydrogens (tertiary/aromatic N) is 5. The zero-order valence-corrected chi connectivity index (χ0v) is 21.0. The number of benzene rings is 1. The van der Waals surface area contributed by atoms with E-state index in [2.05, 4.69) is 15.2 Å². The van der Waals surface area contributed by atoms with Gasteiger partial charge in [-0.3, -0.25) is 14.3 Å². The molecule has 2 fully saturated rings. The second-order valence-electron chi connectivity index (χ2n) is 10.6. The molecule has 3 aromatic heterocycles. The molecule has 1 aliphatic carbocycles. The van der Waals surface area contributed by atoms with Gasteiger partial charge in [0.05, 0.1) is 17.1 Å². The van der Waals surface area contributed by atoms with Gasteiger partial charge in [0, 0.05) is 43.1 Å². The number of aromatic amines is 1. The van der Waals surface area contributed by atoms with Gasteiger partial charge in [-0.25, -0.2) is 0 Å². The largest absolute Gasteiger partial charge is 0.418 e. The molecule has 1 aliphatic heterocycles. The maximum absolute atomic E-state index is 14.2. The van der Waals surface area contributed by atoms with Crippen molar-refractivity contribution in [3.63, 3.8) is 0 Å². The third-order valence-corrected chi connectivity index (χ3v) is 8.06. The summed E-state index contributed by atoms with van der Waals surface area (Å²) in [4.78, 5) is 18.5. The molecule has 1 saturated heterocycles. The number of nitrogens with one attached hydrogen (secondary N) is 1. The Kier molecular flexibility index (Phi) is 5.95. The number of aromatic nitrogens is 5. The van der Waals surface area contributed by atoms with Crippen LogP contribution in [-0.2, 0) is 25.2 Å². The smallest absolute Gasteiger partial charge is 0.392 e. The maximum Gasteiger partial charge on any atom is 0.418 e. The minimum absolute atomic E-state index is 0.0792. The number of β-amino-alcohol motifs (C(OH)–C–C–N with tert-alkyl or cyclic N) is 1. The normalized spacial score (nSPS) is 20.1. The SMILES string of the molecule is Cn1cnnc1C1(c2cccc(-n3cc(C(F)(F)F)c4cc(CN5CCC[C@@H](O)C5)[nH]c4c3=O)c2)CCC1. The van der Waals surface area contributed by atoms with E-state index < -0.39 is 23.4 Å². The predicted octanol–water partition coefficient (Wildman–Crippen LogP) is 3.89. The lowest BCUT2D eigenvalue weighted by molar-refractivity contribution is -0.136. The maximum atomic E-state index is 14.2. The van der Waals surface area contributed by atoms with Crippen LogP contribution in [0, 0.1) is 0 Å². The number of halogens is 3. The summed E-state index contributed by atoms with van der Waals surface area (Å²) in [5.41, 5.74) is -0.108. The second-order valence-corrected chi connectivity index (χ2v) is 10.6. The highest BCUT2D eigenvalue weighted by Gasteiger charge is 2.44. The molecule has 1 atom stereocenters. The third kappa shape index (κ3) is 4.14. The van der Waals surface area contributed by atoms with Crippen molar-refractivity contribution in [2.24, 2.45) is 7.05 Å². The van der Waals surface area contributed by atoms with Gasteiger partial charge >= 0.3 is 6.18 Å². The average molecular weight is 527 g/mol. The fourth-order valence-electron chi connectivity index (χ4n) is 6.03. The summed E-state index contributed by atoms with van der Waals surface area (Å²) in [5.74, 6) is 0.802. The highest BCUT2D eigenvalue weighted by molar-refractivity contribution is 5.84. The Balaban J connectivity index is 1.45. The lowest BCUT2D eigenvalue weighted by Crippen LogP contribution is -2.38. The molecule has 0 bridgehead atoms. The van der Waals surface area contributed by atoms with Crippen LogP contribution < -0.4 is 5.56 Å². The molecule has 0 spiro atoms. The number of hydrogen-bond donors (Lipinski definition) is 2. The van der Waals surface area contributed by atoms with Crippen molar-refractivity contribution in [2.75, 3.05) is 13.1 Å². The number of pyridine rings is 1. The van der Waals surface area contributed by atoms with Crippen LogP contribution >= 0.6 is 0 Å². The van der Waals surface area contributed by atoms with Crippen LogP contribution in [0.2, 0.25) is 0 Å². The number of aliphatic hydroxyl groups is 1. The number of hydrogen-bond acceptors (Lipinski definition) is 5. The van der Waals surface area contributed by atoms with E-state index in [0.29, 0.717) is 30.9 Å². The Labute approximate surface area is 216 Å². The first-order chi connectivity index (χ1) is 18.2. The number of aryl methyl sites for hydroxylation is 1. The summed E-state index contributed by atoms with van der Waals surface area (Å²) < 4.78 is 45.7. The zero-order valence-electron chi connectivity index (χ0n) is 21.0. The van der Waals surface area contributed by atoms with Crippen molar-refractivity contribution in [3.05, 3.63) is 75.9 Å². The number of likely N-dealkylation sites (tertiary alicyclic amines) is 1. The molecule has 2 aliphatic rings. The molecule has 0 unspecified atom stereocenters. The van der Waals surface area contributed by atoms with Crippen LogP contribution in [0.3, 0.4) is 0 Å². The van der Waals surface area contributed by atoms with Crippen LogP contribution in [-0.4, -0.2) is 53.5 Å². The minimum Gasteiger partial charge on any atom is -0.392 e. The van der Waals surface area contributed by atoms with Crippen molar-refractivity contribution in [2.45, 2.75) is 56.3 Å². The van der Waals surface area contributed by atoms with E-state index in [1.54, 1.807) is 24.5 Å². The summed E-state index contributed by atoms with van der Waals surface area (Å²) >= 11 is 0. The average Bonchev–Trinajstić information content (AvgIpc) is 3.45. The third-order valence-electron chi connectivity index (χ3n) is 8.06. The lowest BCUT2D eigenvalue weighted by atomic mass is 9.63. The summed E-state index contributed by atoms with van der Waals surface area (Å²) in [7, 11) is 1.88. The van der Waals surface area contributed by atoms with E-state index in [1.807, 2.05) is 22.6 Å². The van der Waals surface area contributed by atoms with Gasteiger partial charge in [-0.05, 0) is 56.0 Å². The van der Waals surface area contributed by atoms with Crippen molar-refractivity contribution in [1.29, 1.82) is 0 Å².